The number of hydrogen-bond acceptors (Lipinski definition) is 2. The van der Waals surface area contributed by atoms with Crippen molar-refractivity contribution in [1.29, 1.82) is 0 Å². The number of phenolic OH excluding ortho intramolecular Hbond substituents is 1. The molecule has 1 N–H and O–H groups in total. The number of aromatic hydroxyl groups is 1. The van der Waals surface area contributed by atoms with Gasteiger partial charge in [-0.1, -0.05) is 32.4 Å². The number of phenols is 1. The van der Waals surface area contributed by atoms with E-state index in [1.54, 1.807) is 6.07 Å². The standard InChI is InChI=1S/C11H12BrClO2/c1-11(2,3)7-4-8(12)10(15)6(5-14)9(7)13/h4-5,15H,1-3H3. The first-order valence-corrected chi connectivity index (χ1v) is 5.62. The van der Waals surface area contributed by atoms with Gasteiger partial charge in [0, 0.05) is 0 Å². The minimum Gasteiger partial charge on any atom is -0.506 e. The first kappa shape index (κ1) is 12.5. The van der Waals surface area contributed by atoms with Gasteiger partial charge in [0.15, 0.2) is 6.29 Å². The average molecular weight is 292 g/mol. The summed E-state index contributed by atoms with van der Waals surface area (Å²) in [5.74, 6) is -0.108. The van der Waals surface area contributed by atoms with Crippen LogP contribution >= 0.6 is 27.5 Å². The highest BCUT2D eigenvalue weighted by Gasteiger charge is 2.22. The highest BCUT2D eigenvalue weighted by molar-refractivity contribution is 9.10. The van der Waals surface area contributed by atoms with Crippen molar-refractivity contribution in [2.75, 3.05) is 0 Å². The molecule has 1 rings (SSSR count). The fourth-order valence-corrected chi connectivity index (χ4v) is 2.20. The quantitative estimate of drug-likeness (QED) is 0.796. The third-order valence-corrected chi connectivity index (χ3v) is 3.16. The molecule has 0 radical (unpaired) electrons. The fraction of sp³-hybridized carbons (Fsp3) is 0.364. The van der Waals surface area contributed by atoms with Crippen LogP contribution in [0.5, 0.6) is 5.75 Å². The van der Waals surface area contributed by atoms with Crippen LogP contribution < -0.4 is 0 Å². The van der Waals surface area contributed by atoms with Crippen LogP contribution in [0.25, 0.3) is 0 Å². The van der Waals surface area contributed by atoms with Gasteiger partial charge >= 0.3 is 0 Å². The molecule has 1 aromatic rings. The second-order valence-electron chi connectivity index (χ2n) is 4.35. The fourth-order valence-electron chi connectivity index (χ4n) is 1.29. The Hall–Kier alpha value is -0.540. The zero-order valence-electron chi connectivity index (χ0n) is 8.77. The molecule has 15 heavy (non-hydrogen) atoms. The van der Waals surface area contributed by atoms with Crippen molar-refractivity contribution < 1.29 is 9.90 Å². The van der Waals surface area contributed by atoms with Gasteiger partial charge in [0.2, 0.25) is 0 Å². The minimum atomic E-state index is -0.176. The maximum atomic E-state index is 10.8. The zero-order valence-corrected chi connectivity index (χ0v) is 11.1. The van der Waals surface area contributed by atoms with E-state index < -0.39 is 0 Å². The Kier molecular flexibility index (Phi) is 3.46. The Labute approximate surface area is 102 Å². The molecule has 4 heteroatoms. The van der Waals surface area contributed by atoms with Crippen LogP contribution in [-0.2, 0) is 5.41 Å². The van der Waals surface area contributed by atoms with E-state index >= 15 is 0 Å². The van der Waals surface area contributed by atoms with Crippen molar-refractivity contribution in [2.24, 2.45) is 0 Å². The molecule has 0 amide bonds. The molecule has 1 aromatic carbocycles. The molecular formula is C11H12BrClO2. The van der Waals surface area contributed by atoms with Crippen LogP contribution in [0, 0.1) is 0 Å². The van der Waals surface area contributed by atoms with Gasteiger partial charge in [0.1, 0.15) is 5.75 Å². The van der Waals surface area contributed by atoms with Gasteiger partial charge in [0.05, 0.1) is 15.1 Å². The number of carbonyl (C=O) groups is 1. The number of halogens is 2. The third-order valence-electron chi connectivity index (χ3n) is 2.15. The molecule has 0 fully saturated rings. The maximum absolute atomic E-state index is 10.8. The summed E-state index contributed by atoms with van der Waals surface area (Å²) < 4.78 is 0.485. The molecule has 0 aromatic heterocycles. The molecule has 0 atom stereocenters. The molecule has 0 unspecified atom stereocenters. The molecule has 0 spiro atoms. The molecule has 0 aliphatic rings. The van der Waals surface area contributed by atoms with Crippen LogP contribution in [-0.4, -0.2) is 11.4 Å². The molecule has 2 nitrogen and oxygen atoms in total. The summed E-state index contributed by atoms with van der Waals surface area (Å²) in [6.07, 6.45) is 0.567. The third kappa shape index (κ3) is 2.34. The Morgan fingerprint density at radius 1 is 1.47 bits per heavy atom. The van der Waals surface area contributed by atoms with Crippen LogP contribution in [0.3, 0.4) is 0 Å². The Balaban J connectivity index is 3.58. The van der Waals surface area contributed by atoms with Gasteiger partial charge in [-0.15, -0.1) is 0 Å². The van der Waals surface area contributed by atoms with Gasteiger partial charge < -0.3 is 5.11 Å². The van der Waals surface area contributed by atoms with E-state index in [0.717, 1.165) is 5.56 Å². The van der Waals surface area contributed by atoms with E-state index in [0.29, 0.717) is 15.8 Å². The predicted octanol–water partition coefficient (Wildman–Crippen LogP) is 3.92. The van der Waals surface area contributed by atoms with Gasteiger partial charge in [-0.2, -0.15) is 0 Å². The van der Waals surface area contributed by atoms with Crippen LogP contribution in [0.4, 0.5) is 0 Å². The molecule has 0 saturated heterocycles. The first-order valence-electron chi connectivity index (χ1n) is 4.45. The van der Waals surface area contributed by atoms with Gasteiger partial charge in [0.25, 0.3) is 0 Å². The van der Waals surface area contributed by atoms with Gasteiger partial charge in [-0.05, 0) is 33.0 Å². The summed E-state index contributed by atoms with van der Waals surface area (Å²) >= 11 is 9.26. The lowest BCUT2D eigenvalue weighted by molar-refractivity contribution is 0.112. The smallest absolute Gasteiger partial charge is 0.155 e. The lowest BCUT2D eigenvalue weighted by atomic mass is 9.86. The van der Waals surface area contributed by atoms with Crippen LogP contribution in [0.2, 0.25) is 5.02 Å². The average Bonchev–Trinajstić information content (AvgIpc) is 2.10. The summed E-state index contributed by atoms with van der Waals surface area (Å²) in [4.78, 5) is 10.8. The highest BCUT2D eigenvalue weighted by Crippen LogP contribution is 2.39. The molecule has 0 aliphatic carbocycles. The van der Waals surface area contributed by atoms with Crippen LogP contribution in [0.1, 0.15) is 36.7 Å². The van der Waals surface area contributed by atoms with E-state index in [-0.39, 0.29) is 16.7 Å². The molecule has 0 saturated carbocycles. The largest absolute Gasteiger partial charge is 0.506 e. The number of hydrogen-bond donors (Lipinski definition) is 1. The normalized spacial score (nSPS) is 11.5. The second-order valence-corrected chi connectivity index (χ2v) is 5.58. The van der Waals surface area contributed by atoms with Crippen molar-refractivity contribution in [3.8, 4) is 5.75 Å². The highest BCUT2D eigenvalue weighted by atomic mass is 79.9. The van der Waals surface area contributed by atoms with Crippen LogP contribution in [0.15, 0.2) is 10.5 Å². The Bertz CT molecular complexity index is 408. The number of benzene rings is 1. The summed E-state index contributed by atoms with van der Waals surface area (Å²) in [5, 5.41) is 9.92. The summed E-state index contributed by atoms with van der Waals surface area (Å²) in [6.45, 7) is 5.98. The SMILES string of the molecule is CC(C)(C)c1cc(Br)c(O)c(C=O)c1Cl. The van der Waals surface area contributed by atoms with Gasteiger partial charge in [-0.3, -0.25) is 4.79 Å². The van der Waals surface area contributed by atoms with Crippen molar-refractivity contribution in [2.45, 2.75) is 26.2 Å². The van der Waals surface area contributed by atoms with Crippen molar-refractivity contribution in [3.05, 3.63) is 26.7 Å². The molecular weight excluding hydrogens is 279 g/mol. The molecule has 0 heterocycles. The molecule has 82 valence electrons. The number of carbonyl (C=O) groups excluding carboxylic acids is 1. The number of aldehydes is 1. The summed E-state index contributed by atoms with van der Waals surface area (Å²) in [7, 11) is 0. The van der Waals surface area contributed by atoms with E-state index in [1.807, 2.05) is 20.8 Å². The second kappa shape index (κ2) is 4.14. The van der Waals surface area contributed by atoms with E-state index in [2.05, 4.69) is 15.9 Å². The lowest BCUT2D eigenvalue weighted by Crippen LogP contribution is -2.13. The Morgan fingerprint density at radius 2 is 2.00 bits per heavy atom. The monoisotopic (exact) mass is 290 g/mol. The van der Waals surface area contributed by atoms with Gasteiger partial charge in [-0.25, -0.2) is 0 Å². The minimum absolute atomic E-state index is 0.108. The lowest BCUT2D eigenvalue weighted by Gasteiger charge is -2.22. The summed E-state index contributed by atoms with van der Waals surface area (Å²) in [5.41, 5.74) is 0.789. The topological polar surface area (TPSA) is 37.3 Å². The van der Waals surface area contributed by atoms with E-state index in [1.165, 1.54) is 0 Å². The zero-order chi connectivity index (χ0) is 11.8. The van der Waals surface area contributed by atoms with Crippen molar-refractivity contribution in [3.63, 3.8) is 0 Å². The molecule has 0 aliphatic heterocycles. The summed E-state index contributed by atoms with van der Waals surface area (Å²) in [6, 6.07) is 1.74. The number of rotatable bonds is 1. The predicted molar refractivity (Wildman–Crippen MR) is 64.9 cm³/mol. The van der Waals surface area contributed by atoms with E-state index in [9.17, 15) is 9.90 Å². The maximum Gasteiger partial charge on any atom is 0.155 e. The molecule has 0 bridgehead atoms. The first-order chi connectivity index (χ1) is 6.79. The Morgan fingerprint density at radius 3 is 2.40 bits per heavy atom. The van der Waals surface area contributed by atoms with E-state index in [4.69, 9.17) is 11.6 Å². The van der Waals surface area contributed by atoms with Crippen molar-refractivity contribution >= 4 is 33.8 Å². The van der Waals surface area contributed by atoms with Crippen molar-refractivity contribution in [1.82, 2.24) is 0 Å².